The van der Waals surface area contributed by atoms with E-state index in [0.29, 0.717) is 22.6 Å². The summed E-state index contributed by atoms with van der Waals surface area (Å²) in [4.78, 5) is 16.3. The lowest BCUT2D eigenvalue weighted by molar-refractivity contribution is -0.274. The molecule has 0 aliphatic heterocycles. The Labute approximate surface area is 169 Å². The number of aromatic nitrogens is 4. The summed E-state index contributed by atoms with van der Waals surface area (Å²) in [5.74, 6) is -0.760. The average molecular weight is 422 g/mol. The first-order valence-electron chi connectivity index (χ1n) is 8.76. The maximum Gasteiger partial charge on any atom is 0.573 e. The van der Waals surface area contributed by atoms with Crippen LogP contribution in [-0.4, -0.2) is 46.0 Å². The van der Waals surface area contributed by atoms with E-state index in [2.05, 4.69) is 20.0 Å². The molecule has 0 spiro atoms. The number of benzene rings is 1. The minimum absolute atomic E-state index is 0.0234. The Morgan fingerprint density at radius 1 is 1.17 bits per heavy atom. The second-order valence-corrected chi connectivity index (χ2v) is 5.92. The fourth-order valence-electron chi connectivity index (χ4n) is 2.79. The van der Waals surface area contributed by atoms with Crippen molar-refractivity contribution in [3.8, 4) is 22.8 Å². The van der Waals surface area contributed by atoms with Gasteiger partial charge in [-0.3, -0.25) is 4.98 Å². The molecule has 0 aliphatic carbocycles. The van der Waals surface area contributed by atoms with Crippen molar-refractivity contribution < 1.29 is 32.2 Å². The maximum atomic E-state index is 12.6. The zero-order valence-corrected chi connectivity index (χ0v) is 16.0. The lowest BCUT2D eigenvalue weighted by atomic mass is 10.1. The van der Waals surface area contributed by atoms with Gasteiger partial charge in [0.15, 0.2) is 5.69 Å². The molecule has 3 aromatic rings. The molecule has 30 heavy (non-hydrogen) atoms. The minimum Gasteiger partial charge on any atom is -0.496 e. The topological polar surface area (TPSA) is 88.4 Å². The zero-order chi connectivity index (χ0) is 21.7. The Morgan fingerprint density at radius 3 is 2.53 bits per heavy atom. The molecule has 0 radical (unpaired) electrons. The van der Waals surface area contributed by atoms with Gasteiger partial charge >= 0.3 is 12.3 Å². The quantitative estimate of drug-likeness (QED) is 0.539. The number of pyridine rings is 1. The number of hydrogen-bond donors (Lipinski definition) is 0. The fourth-order valence-corrected chi connectivity index (χ4v) is 2.79. The predicted octanol–water partition coefficient (Wildman–Crippen LogP) is 3.47. The number of carbonyl (C=O) groups is 1. The van der Waals surface area contributed by atoms with E-state index in [1.165, 1.54) is 36.3 Å². The molecule has 0 saturated carbocycles. The number of alkyl halides is 3. The number of carbonyl (C=O) groups excluding carboxylic acids is 1. The third-order valence-electron chi connectivity index (χ3n) is 3.96. The molecule has 2 aromatic heterocycles. The van der Waals surface area contributed by atoms with Crippen LogP contribution in [0.4, 0.5) is 13.2 Å². The van der Waals surface area contributed by atoms with Crippen LogP contribution in [0.1, 0.15) is 23.0 Å². The third kappa shape index (κ3) is 4.85. The lowest BCUT2D eigenvalue weighted by Gasteiger charge is -2.14. The van der Waals surface area contributed by atoms with E-state index in [1.807, 2.05) is 0 Å². The van der Waals surface area contributed by atoms with E-state index in [-0.39, 0.29) is 18.8 Å². The van der Waals surface area contributed by atoms with Crippen LogP contribution < -0.4 is 9.47 Å². The van der Waals surface area contributed by atoms with Gasteiger partial charge in [0, 0.05) is 23.5 Å². The Balaban J connectivity index is 2.05. The number of esters is 1. The third-order valence-corrected chi connectivity index (χ3v) is 3.96. The molecule has 0 bridgehead atoms. The van der Waals surface area contributed by atoms with Gasteiger partial charge in [0.2, 0.25) is 0 Å². The van der Waals surface area contributed by atoms with Crippen LogP contribution in [0.5, 0.6) is 11.5 Å². The molecule has 0 N–H and O–H groups in total. The molecule has 1 aromatic carbocycles. The van der Waals surface area contributed by atoms with Gasteiger partial charge in [-0.2, -0.15) is 0 Å². The van der Waals surface area contributed by atoms with Gasteiger partial charge in [0.05, 0.1) is 20.3 Å². The number of rotatable bonds is 7. The lowest BCUT2D eigenvalue weighted by Crippen LogP contribution is -2.17. The normalized spacial score (nSPS) is 11.2. The zero-order valence-electron chi connectivity index (χ0n) is 16.0. The summed E-state index contributed by atoms with van der Waals surface area (Å²) in [5.41, 5.74) is 1.24. The first-order chi connectivity index (χ1) is 14.3. The summed E-state index contributed by atoms with van der Waals surface area (Å²) in [5, 5.41) is 7.91. The van der Waals surface area contributed by atoms with Crippen LogP contribution in [0.3, 0.4) is 0 Å². The standard InChI is InChI=1S/C19H17F3N4O4/c1-3-29-18(27)16-17(12-6-8-23-9-7-12)26(25-24-16)11-13-10-14(30-19(20,21)22)4-5-15(13)28-2/h4-10H,3,11H2,1-2H3. The largest absolute Gasteiger partial charge is 0.573 e. The average Bonchev–Trinajstić information content (AvgIpc) is 3.11. The Hall–Kier alpha value is -3.63. The van der Waals surface area contributed by atoms with Crippen molar-refractivity contribution in [2.24, 2.45) is 0 Å². The Kier molecular flexibility index (Phi) is 6.19. The molecular weight excluding hydrogens is 405 g/mol. The fraction of sp³-hybridized carbons (Fsp3) is 0.263. The van der Waals surface area contributed by atoms with Gasteiger partial charge in [-0.1, -0.05) is 5.21 Å². The highest BCUT2D eigenvalue weighted by atomic mass is 19.4. The first kappa shape index (κ1) is 21.1. The smallest absolute Gasteiger partial charge is 0.496 e. The summed E-state index contributed by atoms with van der Waals surface area (Å²) >= 11 is 0. The van der Waals surface area contributed by atoms with E-state index in [9.17, 15) is 18.0 Å². The molecule has 3 rings (SSSR count). The predicted molar refractivity (Wildman–Crippen MR) is 98.0 cm³/mol. The van der Waals surface area contributed by atoms with E-state index >= 15 is 0 Å². The molecule has 0 fully saturated rings. The maximum absolute atomic E-state index is 12.6. The highest BCUT2D eigenvalue weighted by Gasteiger charge is 2.31. The van der Waals surface area contributed by atoms with Crippen molar-refractivity contribution in [1.29, 1.82) is 0 Å². The van der Waals surface area contributed by atoms with Crippen molar-refractivity contribution in [2.45, 2.75) is 19.8 Å². The van der Waals surface area contributed by atoms with Crippen molar-refractivity contribution in [3.63, 3.8) is 0 Å². The molecule has 8 nitrogen and oxygen atoms in total. The van der Waals surface area contributed by atoms with Crippen molar-refractivity contribution >= 4 is 5.97 Å². The van der Waals surface area contributed by atoms with Gasteiger partial charge in [0.1, 0.15) is 17.2 Å². The summed E-state index contributed by atoms with van der Waals surface area (Å²) in [7, 11) is 1.39. The molecule has 2 heterocycles. The van der Waals surface area contributed by atoms with Crippen molar-refractivity contribution in [3.05, 3.63) is 54.0 Å². The van der Waals surface area contributed by atoms with Crippen LogP contribution in [0.25, 0.3) is 11.3 Å². The number of halogens is 3. The van der Waals surface area contributed by atoms with Crippen LogP contribution in [0, 0.1) is 0 Å². The summed E-state index contributed by atoms with van der Waals surface area (Å²) in [6.07, 6.45) is -1.78. The number of nitrogens with zero attached hydrogens (tertiary/aromatic N) is 4. The second kappa shape index (κ2) is 8.80. The number of ether oxygens (including phenoxy) is 3. The highest BCUT2D eigenvalue weighted by Crippen LogP contribution is 2.30. The molecule has 0 atom stereocenters. The molecule has 158 valence electrons. The molecule has 0 unspecified atom stereocenters. The highest BCUT2D eigenvalue weighted by molar-refractivity contribution is 5.94. The Bertz CT molecular complexity index is 1020. The van der Waals surface area contributed by atoms with Crippen LogP contribution in [-0.2, 0) is 11.3 Å². The van der Waals surface area contributed by atoms with Crippen molar-refractivity contribution in [2.75, 3.05) is 13.7 Å². The Morgan fingerprint density at radius 2 is 1.90 bits per heavy atom. The van der Waals surface area contributed by atoms with Crippen LogP contribution >= 0.6 is 0 Å². The molecular formula is C19H17F3N4O4. The molecule has 0 amide bonds. The SMILES string of the molecule is CCOC(=O)c1nnn(Cc2cc(OC(F)(F)F)ccc2OC)c1-c1ccncc1. The van der Waals surface area contributed by atoms with E-state index in [4.69, 9.17) is 9.47 Å². The number of hydrogen-bond acceptors (Lipinski definition) is 7. The van der Waals surface area contributed by atoms with Crippen molar-refractivity contribution in [1.82, 2.24) is 20.0 Å². The summed E-state index contributed by atoms with van der Waals surface area (Å²) < 4.78 is 53.4. The second-order valence-electron chi connectivity index (χ2n) is 5.92. The van der Waals surface area contributed by atoms with Gasteiger partial charge in [-0.05, 0) is 37.3 Å². The molecule has 0 saturated heterocycles. The molecule has 11 heteroatoms. The van der Waals surface area contributed by atoms with Gasteiger partial charge in [-0.25, -0.2) is 9.48 Å². The van der Waals surface area contributed by atoms with Gasteiger partial charge in [0.25, 0.3) is 0 Å². The monoisotopic (exact) mass is 422 g/mol. The van der Waals surface area contributed by atoms with E-state index in [0.717, 1.165) is 6.07 Å². The number of methoxy groups -OCH3 is 1. The van der Waals surface area contributed by atoms with Crippen LogP contribution in [0.2, 0.25) is 0 Å². The first-order valence-corrected chi connectivity index (χ1v) is 8.76. The van der Waals surface area contributed by atoms with Crippen LogP contribution in [0.15, 0.2) is 42.7 Å². The van der Waals surface area contributed by atoms with Gasteiger partial charge < -0.3 is 14.2 Å². The van der Waals surface area contributed by atoms with E-state index in [1.54, 1.807) is 19.1 Å². The molecule has 0 aliphatic rings. The van der Waals surface area contributed by atoms with Gasteiger partial charge in [-0.15, -0.1) is 18.3 Å². The summed E-state index contributed by atoms with van der Waals surface area (Å²) in [6, 6.07) is 6.99. The summed E-state index contributed by atoms with van der Waals surface area (Å²) in [6.45, 7) is 1.76. The van der Waals surface area contributed by atoms with E-state index < -0.39 is 18.1 Å². The minimum atomic E-state index is -4.83.